The van der Waals surface area contributed by atoms with Gasteiger partial charge >= 0.3 is 4.87 Å². The number of H-pyrrole nitrogens is 1. The fraction of sp³-hybridized carbons (Fsp3) is 0.231. The van der Waals surface area contributed by atoms with Crippen LogP contribution in [0.5, 0.6) is 0 Å². The number of aromatic nitrogens is 1. The molecular formula is C13H15N3O2S. The summed E-state index contributed by atoms with van der Waals surface area (Å²) in [5.74, 6) is -0.136. The van der Waals surface area contributed by atoms with Crippen molar-refractivity contribution in [3.8, 4) is 0 Å². The molecule has 5 nitrogen and oxygen atoms in total. The number of nitrogens with one attached hydrogen (secondary N) is 2. The van der Waals surface area contributed by atoms with Crippen molar-refractivity contribution in [3.63, 3.8) is 0 Å². The fourth-order valence-corrected chi connectivity index (χ4v) is 2.27. The summed E-state index contributed by atoms with van der Waals surface area (Å²) in [5.41, 5.74) is 7.59. The predicted octanol–water partition coefficient (Wildman–Crippen LogP) is 1.14. The maximum atomic E-state index is 11.7. The zero-order chi connectivity index (χ0) is 13.7. The number of hydrogen-bond donors (Lipinski definition) is 3. The van der Waals surface area contributed by atoms with Crippen LogP contribution in [0.25, 0.3) is 0 Å². The Balaban J connectivity index is 1.83. The second-order valence-corrected chi connectivity index (χ2v) is 5.01. The quantitative estimate of drug-likeness (QED) is 0.766. The molecule has 1 aromatic heterocycles. The highest BCUT2D eigenvalue weighted by molar-refractivity contribution is 7.07. The van der Waals surface area contributed by atoms with E-state index in [-0.39, 0.29) is 23.2 Å². The van der Waals surface area contributed by atoms with E-state index in [0.717, 1.165) is 16.9 Å². The summed E-state index contributed by atoms with van der Waals surface area (Å²) in [6.07, 6.45) is 0.221. The molecule has 0 aliphatic rings. The van der Waals surface area contributed by atoms with Crippen LogP contribution in [0, 0.1) is 0 Å². The van der Waals surface area contributed by atoms with Crippen LogP contribution in [0.2, 0.25) is 0 Å². The summed E-state index contributed by atoms with van der Waals surface area (Å²) in [4.78, 5) is 25.2. The molecule has 100 valence electrons. The van der Waals surface area contributed by atoms with Crippen LogP contribution >= 0.6 is 11.3 Å². The van der Waals surface area contributed by atoms with E-state index in [0.29, 0.717) is 12.2 Å². The Kier molecular flexibility index (Phi) is 4.48. The molecule has 1 atom stereocenters. The van der Waals surface area contributed by atoms with Gasteiger partial charge in [0, 0.05) is 23.5 Å². The monoisotopic (exact) mass is 277 g/mol. The van der Waals surface area contributed by atoms with Crippen molar-refractivity contribution in [2.75, 3.05) is 0 Å². The van der Waals surface area contributed by atoms with Crippen LogP contribution in [-0.2, 0) is 11.3 Å². The number of rotatable bonds is 5. The molecule has 4 N–H and O–H groups in total. The zero-order valence-corrected chi connectivity index (χ0v) is 11.1. The summed E-state index contributed by atoms with van der Waals surface area (Å²) >= 11 is 1.08. The molecule has 0 radical (unpaired) electrons. The molecule has 0 aliphatic heterocycles. The van der Waals surface area contributed by atoms with E-state index in [4.69, 9.17) is 5.73 Å². The van der Waals surface area contributed by atoms with E-state index in [1.54, 1.807) is 5.38 Å². The Morgan fingerprint density at radius 1 is 1.37 bits per heavy atom. The Labute approximate surface area is 114 Å². The van der Waals surface area contributed by atoms with Gasteiger partial charge in [0.2, 0.25) is 5.91 Å². The van der Waals surface area contributed by atoms with Crippen molar-refractivity contribution in [1.29, 1.82) is 0 Å². The van der Waals surface area contributed by atoms with E-state index in [1.807, 2.05) is 30.3 Å². The highest BCUT2D eigenvalue weighted by Crippen LogP contribution is 2.12. The molecule has 1 heterocycles. The van der Waals surface area contributed by atoms with Crippen molar-refractivity contribution < 1.29 is 4.79 Å². The first-order valence-corrected chi connectivity index (χ1v) is 6.77. The Bertz CT molecular complexity index is 591. The second-order valence-electron chi connectivity index (χ2n) is 4.17. The maximum Gasteiger partial charge on any atom is 0.304 e. The number of hydrogen-bond acceptors (Lipinski definition) is 4. The molecule has 0 spiro atoms. The molecule has 0 saturated heterocycles. The highest BCUT2D eigenvalue weighted by atomic mass is 32.1. The van der Waals surface area contributed by atoms with Gasteiger partial charge < -0.3 is 16.0 Å². The third-order valence-electron chi connectivity index (χ3n) is 2.68. The van der Waals surface area contributed by atoms with Crippen LogP contribution in [0.1, 0.15) is 23.7 Å². The third kappa shape index (κ3) is 4.04. The zero-order valence-electron chi connectivity index (χ0n) is 10.3. The van der Waals surface area contributed by atoms with E-state index in [9.17, 15) is 9.59 Å². The molecule has 1 amide bonds. The van der Waals surface area contributed by atoms with Gasteiger partial charge in [0.15, 0.2) is 0 Å². The molecule has 1 aromatic carbocycles. The number of carbonyl (C=O) groups is 1. The van der Waals surface area contributed by atoms with Gasteiger partial charge in [-0.2, -0.15) is 0 Å². The normalized spacial score (nSPS) is 12.1. The predicted molar refractivity (Wildman–Crippen MR) is 74.8 cm³/mol. The van der Waals surface area contributed by atoms with E-state index < -0.39 is 0 Å². The van der Waals surface area contributed by atoms with Gasteiger partial charge in [-0.3, -0.25) is 9.59 Å². The van der Waals surface area contributed by atoms with E-state index in [1.165, 1.54) is 0 Å². The molecule has 2 aromatic rings. The van der Waals surface area contributed by atoms with Crippen molar-refractivity contribution in [1.82, 2.24) is 10.3 Å². The summed E-state index contributed by atoms with van der Waals surface area (Å²) < 4.78 is 0. The summed E-state index contributed by atoms with van der Waals surface area (Å²) in [7, 11) is 0. The lowest BCUT2D eigenvalue weighted by atomic mass is 10.0. The average molecular weight is 277 g/mol. The van der Waals surface area contributed by atoms with Crippen molar-refractivity contribution in [2.45, 2.75) is 19.0 Å². The van der Waals surface area contributed by atoms with Crippen LogP contribution in [0.3, 0.4) is 0 Å². The Hall–Kier alpha value is -1.92. The minimum atomic E-state index is -0.317. The van der Waals surface area contributed by atoms with Gasteiger partial charge in [-0.15, -0.1) is 0 Å². The molecule has 2 rings (SSSR count). The topological polar surface area (TPSA) is 88.0 Å². The molecule has 0 aliphatic carbocycles. The number of nitrogens with two attached hydrogens (primary N) is 1. The van der Waals surface area contributed by atoms with Gasteiger partial charge in [0.05, 0.1) is 6.54 Å². The molecule has 0 bridgehead atoms. The van der Waals surface area contributed by atoms with Gasteiger partial charge in [-0.1, -0.05) is 41.7 Å². The molecule has 6 heteroatoms. The number of thiazole rings is 1. The highest BCUT2D eigenvalue weighted by Gasteiger charge is 2.11. The number of amides is 1. The van der Waals surface area contributed by atoms with Crippen molar-refractivity contribution in [2.24, 2.45) is 5.73 Å². The first kappa shape index (κ1) is 13.5. The number of aromatic amines is 1. The Morgan fingerprint density at radius 2 is 2.11 bits per heavy atom. The standard InChI is InChI=1S/C13H15N3O2S/c14-11(9-4-2-1-3-5-9)6-12(17)15-7-10-8-19-13(18)16-10/h1-5,8,11H,6-7,14H2,(H,15,17)(H,16,18). The lowest BCUT2D eigenvalue weighted by Gasteiger charge is -2.11. The van der Waals surface area contributed by atoms with Crippen LogP contribution < -0.4 is 15.9 Å². The molecule has 0 fully saturated rings. The maximum absolute atomic E-state index is 11.7. The molecular weight excluding hydrogens is 262 g/mol. The summed E-state index contributed by atoms with van der Waals surface area (Å²) in [6.45, 7) is 0.319. The van der Waals surface area contributed by atoms with E-state index >= 15 is 0 Å². The summed E-state index contributed by atoms with van der Waals surface area (Å²) in [5, 5.41) is 4.42. The molecule has 19 heavy (non-hydrogen) atoms. The smallest absolute Gasteiger partial charge is 0.304 e. The second kappa shape index (κ2) is 6.31. The first-order chi connectivity index (χ1) is 9.15. The minimum Gasteiger partial charge on any atom is -0.350 e. The van der Waals surface area contributed by atoms with Gasteiger partial charge in [-0.05, 0) is 5.56 Å². The van der Waals surface area contributed by atoms with Crippen LogP contribution in [0.15, 0.2) is 40.5 Å². The van der Waals surface area contributed by atoms with Gasteiger partial charge in [-0.25, -0.2) is 0 Å². The minimum absolute atomic E-state index is 0.120. The number of carbonyl (C=O) groups excluding carboxylic acids is 1. The first-order valence-electron chi connectivity index (χ1n) is 5.89. The third-order valence-corrected chi connectivity index (χ3v) is 3.40. The Morgan fingerprint density at radius 3 is 2.74 bits per heavy atom. The largest absolute Gasteiger partial charge is 0.350 e. The van der Waals surface area contributed by atoms with E-state index in [2.05, 4.69) is 10.3 Å². The molecule has 1 unspecified atom stereocenters. The van der Waals surface area contributed by atoms with Crippen LogP contribution in [0.4, 0.5) is 0 Å². The van der Waals surface area contributed by atoms with Crippen molar-refractivity contribution in [3.05, 3.63) is 56.6 Å². The van der Waals surface area contributed by atoms with Crippen molar-refractivity contribution >= 4 is 17.2 Å². The van der Waals surface area contributed by atoms with Gasteiger partial charge in [0.1, 0.15) is 0 Å². The molecule has 0 saturated carbocycles. The fourth-order valence-electron chi connectivity index (χ4n) is 1.68. The van der Waals surface area contributed by atoms with Gasteiger partial charge in [0.25, 0.3) is 0 Å². The average Bonchev–Trinajstić information content (AvgIpc) is 2.83. The number of benzene rings is 1. The lowest BCUT2D eigenvalue weighted by molar-refractivity contribution is -0.121. The summed E-state index contributed by atoms with van der Waals surface area (Å²) in [6, 6.07) is 9.17. The lowest BCUT2D eigenvalue weighted by Crippen LogP contribution is -2.27. The van der Waals surface area contributed by atoms with Crippen LogP contribution in [-0.4, -0.2) is 10.9 Å². The SMILES string of the molecule is NC(CC(=O)NCc1csc(=O)[nH]1)c1ccccc1.